The Balaban J connectivity index is 1.65. The maximum atomic E-state index is 13.2. The van der Waals surface area contributed by atoms with Crippen molar-refractivity contribution in [3.05, 3.63) is 75.8 Å². The molecule has 0 N–H and O–H groups in total. The van der Waals surface area contributed by atoms with Crippen molar-refractivity contribution in [3.63, 3.8) is 0 Å². The van der Waals surface area contributed by atoms with E-state index in [1.165, 1.54) is 4.90 Å². The highest BCUT2D eigenvalue weighted by atomic mass is 79.9. The van der Waals surface area contributed by atoms with Crippen LogP contribution in [0.4, 0.5) is 5.69 Å². The Hall–Kier alpha value is -2.54. The molecule has 6 heteroatoms. The van der Waals surface area contributed by atoms with Crippen molar-refractivity contribution in [3.8, 4) is 0 Å². The van der Waals surface area contributed by atoms with Crippen molar-refractivity contribution in [2.24, 2.45) is 0 Å². The monoisotopic (exact) mass is 423 g/mol. The molecule has 5 nitrogen and oxygen atoms in total. The largest absolute Gasteiger partial charge is 0.346 e. The molecule has 0 unspecified atom stereocenters. The van der Waals surface area contributed by atoms with Crippen LogP contribution in [-0.2, 0) is 9.47 Å². The Morgan fingerprint density at radius 1 is 0.889 bits per heavy atom. The number of imide groups is 1. The first kappa shape index (κ1) is 16.6. The molecule has 2 heterocycles. The van der Waals surface area contributed by atoms with E-state index in [0.717, 1.165) is 15.4 Å². The Labute approximate surface area is 163 Å². The fraction of sp³-hybridized carbons (Fsp3) is 0.143. The molecule has 0 saturated carbocycles. The second-order valence-electron chi connectivity index (χ2n) is 6.44. The van der Waals surface area contributed by atoms with Gasteiger partial charge in [0.05, 0.1) is 18.9 Å². The third-order valence-electron chi connectivity index (χ3n) is 4.88. The molecule has 3 aromatic carbocycles. The summed E-state index contributed by atoms with van der Waals surface area (Å²) in [6.45, 7) is 1.06. The van der Waals surface area contributed by atoms with Crippen LogP contribution >= 0.6 is 15.9 Å². The number of hydrogen-bond acceptors (Lipinski definition) is 4. The van der Waals surface area contributed by atoms with Gasteiger partial charge in [-0.3, -0.25) is 9.59 Å². The Bertz CT molecular complexity index is 1080. The van der Waals surface area contributed by atoms with Crippen LogP contribution in [0, 0.1) is 0 Å². The van der Waals surface area contributed by atoms with Crippen LogP contribution in [0.15, 0.2) is 59.1 Å². The summed E-state index contributed by atoms with van der Waals surface area (Å²) < 4.78 is 11.9. The van der Waals surface area contributed by atoms with Gasteiger partial charge in [-0.15, -0.1) is 0 Å². The number of hydrogen-bond donors (Lipinski definition) is 0. The molecule has 0 spiro atoms. The van der Waals surface area contributed by atoms with E-state index >= 15 is 0 Å². The molecule has 1 fully saturated rings. The van der Waals surface area contributed by atoms with E-state index in [0.29, 0.717) is 35.4 Å². The third-order valence-corrected chi connectivity index (χ3v) is 5.57. The van der Waals surface area contributed by atoms with Gasteiger partial charge in [-0.05, 0) is 35.7 Å². The van der Waals surface area contributed by atoms with Gasteiger partial charge >= 0.3 is 0 Å². The lowest BCUT2D eigenvalue weighted by Gasteiger charge is -2.28. The highest BCUT2D eigenvalue weighted by Gasteiger charge is 2.34. The number of carbonyl (C=O) groups is 2. The normalized spacial score (nSPS) is 17.1. The molecule has 5 rings (SSSR count). The molecule has 27 heavy (non-hydrogen) atoms. The quantitative estimate of drug-likeness (QED) is 0.571. The van der Waals surface area contributed by atoms with Crippen molar-refractivity contribution in [1.29, 1.82) is 0 Å². The summed E-state index contributed by atoms with van der Waals surface area (Å²) in [5.74, 6) is -0.664. The van der Waals surface area contributed by atoms with E-state index in [9.17, 15) is 9.59 Å². The van der Waals surface area contributed by atoms with Gasteiger partial charge in [0.2, 0.25) is 0 Å². The number of rotatable bonds is 2. The second-order valence-corrected chi connectivity index (χ2v) is 7.29. The minimum absolute atomic E-state index is 0.332. The predicted octanol–water partition coefficient (Wildman–Crippen LogP) is 4.45. The summed E-state index contributed by atoms with van der Waals surface area (Å²) in [5, 5.41) is 1.55. The topological polar surface area (TPSA) is 55.8 Å². The number of ether oxygens (including phenoxy) is 2. The van der Waals surface area contributed by atoms with Gasteiger partial charge in [0, 0.05) is 26.5 Å². The maximum Gasteiger partial charge on any atom is 0.265 e. The summed E-state index contributed by atoms with van der Waals surface area (Å²) >= 11 is 3.50. The van der Waals surface area contributed by atoms with E-state index in [1.54, 1.807) is 30.3 Å². The molecule has 3 aromatic rings. The van der Waals surface area contributed by atoms with Crippen molar-refractivity contribution in [2.75, 3.05) is 18.1 Å². The van der Waals surface area contributed by atoms with Gasteiger partial charge in [-0.25, -0.2) is 4.90 Å². The molecular formula is C21H14BrNO4. The number of amides is 2. The number of anilines is 1. The maximum absolute atomic E-state index is 13.2. The fourth-order valence-electron chi connectivity index (χ4n) is 3.66. The number of halogens is 1. The molecule has 2 aliphatic rings. The van der Waals surface area contributed by atoms with Crippen molar-refractivity contribution in [2.45, 2.75) is 6.29 Å². The van der Waals surface area contributed by atoms with Crippen molar-refractivity contribution < 1.29 is 19.1 Å². The Kier molecular flexibility index (Phi) is 3.86. The second kappa shape index (κ2) is 6.27. The number of benzene rings is 3. The number of carbonyl (C=O) groups excluding carboxylic acids is 2. The first-order valence-corrected chi connectivity index (χ1v) is 9.37. The average Bonchev–Trinajstić information content (AvgIpc) is 3.22. The molecule has 0 aromatic heterocycles. The van der Waals surface area contributed by atoms with Crippen LogP contribution in [0.2, 0.25) is 0 Å². The van der Waals surface area contributed by atoms with Crippen LogP contribution < -0.4 is 4.90 Å². The zero-order valence-electron chi connectivity index (χ0n) is 14.1. The predicted molar refractivity (Wildman–Crippen MR) is 104 cm³/mol. The standard InChI is InChI=1S/C21H14BrNO4/c22-17-8-7-16-18-14(17)5-2-6-15(18)19(24)23(20(16)25)13-4-1-3-12(11-13)21-26-9-10-27-21/h1-8,11,21H,9-10H2. The smallest absolute Gasteiger partial charge is 0.265 e. The van der Waals surface area contributed by atoms with E-state index in [-0.39, 0.29) is 11.8 Å². The molecule has 2 amide bonds. The van der Waals surface area contributed by atoms with E-state index in [2.05, 4.69) is 15.9 Å². The van der Waals surface area contributed by atoms with Crippen LogP contribution in [0.5, 0.6) is 0 Å². The average molecular weight is 424 g/mol. The lowest BCUT2D eigenvalue weighted by Crippen LogP contribution is -2.40. The first-order chi connectivity index (χ1) is 13.1. The Morgan fingerprint density at radius 2 is 1.59 bits per heavy atom. The van der Waals surface area contributed by atoms with Gasteiger partial charge in [-0.1, -0.05) is 40.2 Å². The molecule has 0 aliphatic carbocycles. The van der Waals surface area contributed by atoms with Gasteiger partial charge in [0.15, 0.2) is 6.29 Å². The van der Waals surface area contributed by atoms with Crippen molar-refractivity contribution >= 4 is 44.2 Å². The zero-order chi connectivity index (χ0) is 18.5. The van der Waals surface area contributed by atoms with Gasteiger partial charge < -0.3 is 9.47 Å². The molecule has 0 bridgehead atoms. The zero-order valence-corrected chi connectivity index (χ0v) is 15.7. The van der Waals surface area contributed by atoms with Crippen molar-refractivity contribution in [1.82, 2.24) is 0 Å². The lowest BCUT2D eigenvalue weighted by atomic mass is 9.93. The fourth-order valence-corrected chi connectivity index (χ4v) is 4.12. The molecule has 0 atom stereocenters. The van der Waals surface area contributed by atoms with Gasteiger partial charge in [-0.2, -0.15) is 0 Å². The van der Waals surface area contributed by atoms with Crippen LogP contribution in [0.25, 0.3) is 10.8 Å². The van der Waals surface area contributed by atoms with Crippen LogP contribution in [0.1, 0.15) is 32.6 Å². The highest BCUT2D eigenvalue weighted by molar-refractivity contribution is 9.10. The minimum Gasteiger partial charge on any atom is -0.346 e. The molecule has 1 saturated heterocycles. The summed E-state index contributed by atoms with van der Waals surface area (Å²) in [5.41, 5.74) is 2.32. The summed E-state index contributed by atoms with van der Waals surface area (Å²) in [6, 6.07) is 16.3. The van der Waals surface area contributed by atoms with Gasteiger partial charge in [0.1, 0.15) is 0 Å². The summed E-state index contributed by atoms with van der Waals surface area (Å²) in [7, 11) is 0. The third kappa shape index (κ3) is 2.52. The summed E-state index contributed by atoms with van der Waals surface area (Å²) in [4.78, 5) is 27.6. The molecule has 0 radical (unpaired) electrons. The minimum atomic E-state index is -0.466. The Morgan fingerprint density at radius 3 is 2.37 bits per heavy atom. The molecular weight excluding hydrogens is 410 g/mol. The first-order valence-electron chi connectivity index (χ1n) is 8.58. The van der Waals surface area contributed by atoms with E-state index in [4.69, 9.17) is 9.47 Å². The van der Waals surface area contributed by atoms with Crippen LogP contribution in [0.3, 0.4) is 0 Å². The van der Waals surface area contributed by atoms with Gasteiger partial charge in [0.25, 0.3) is 11.8 Å². The SMILES string of the molecule is O=C1c2cccc3c(Br)ccc(c23)C(=O)N1c1cccc(C2OCCO2)c1. The molecule has 2 aliphatic heterocycles. The number of nitrogens with zero attached hydrogens (tertiary/aromatic N) is 1. The van der Waals surface area contributed by atoms with Crippen LogP contribution in [-0.4, -0.2) is 25.0 Å². The molecule has 134 valence electrons. The lowest BCUT2D eigenvalue weighted by molar-refractivity contribution is -0.0440. The van der Waals surface area contributed by atoms with E-state index in [1.807, 2.05) is 24.3 Å². The summed E-state index contributed by atoms with van der Waals surface area (Å²) in [6.07, 6.45) is -0.466. The highest BCUT2D eigenvalue weighted by Crippen LogP contribution is 2.36. The van der Waals surface area contributed by atoms with E-state index < -0.39 is 6.29 Å².